The van der Waals surface area contributed by atoms with Crippen molar-refractivity contribution in [3.05, 3.63) is 29.8 Å². The minimum Gasteiger partial charge on any atom is -0.354 e. The Bertz CT molecular complexity index is 623. The molecule has 1 aliphatic rings. The van der Waals surface area contributed by atoms with Gasteiger partial charge in [-0.05, 0) is 43.9 Å². The van der Waals surface area contributed by atoms with Crippen molar-refractivity contribution in [3.63, 3.8) is 0 Å². The lowest BCUT2D eigenvalue weighted by Gasteiger charge is -2.13. The molecule has 0 saturated heterocycles. The van der Waals surface area contributed by atoms with Crippen molar-refractivity contribution >= 4 is 27.5 Å². The van der Waals surface area contributed by atoms with E-state index in [1.807, 2.05) is 0 Å². The number of carbonyl (C=O) groups excluding carboxylic acids is 1. The van der Waals surface area contributed by atoms with E-state index in [0.717, 1.165) is 31.2 Å². The summed E-state index contributed by atoms with van der Waals surface area (Å²) in [5, 5.41) is 2.17. The second-order valence-corrected chi connectivity index (χ2v) is 8.27. The molecular formula is C16H23ClN2O3S. The van der Waals surface area contributed by atoms with Gasteiger partial charge in [-0.2, -0.15) is 0 Å². The van der Waals surface area contributed by atoms with Crippen molar-refractivity contribution in [1.29, 1.82) is 0 Å². The normalized spacial score (nSPS) is 17.1. The maximum atomic E-state index is 12.3. The van der Waals surface area contributed by atoms with Crippen LogP contribution in [-0.4, -0.2) is 32.3 Å². The third-order valence-electron chi connectivity index (χ3n) is 3.98. The molecule has 23 heavy (non-hydrogen) atoms. The van der Waals surface area contributed by atoms with Gasteiger partial charge in [0.05, 0.1) is 4.90 Å². The van der Waals surface area contributed by atoms with E-state index in [4.69, 9.17) is 11.6 Å². The van der Waals surface area contributed by atoms with Crippen LogP contribution in [0.4, 0.5) is 0 Å². The Morgan fingerprint density at radius 3 is 2.43 bits per heavy atom. The van der Waals surface area contributed by atoms with Gasteiger partial charge in [-0.3, -0.25) is 4.79 Å². The SMILES string of the molecule is CC(Cl)C(=O)NCCc1ccc(S(=O)(=O)NC2CCCC2)cc1. The van der Waals surface area contributed by atoms with Crippen LogP contribution in [0.25, 0.3) is 0 Å². The van der Waals surface area contributed by atoms with E-state index in [9.17, 15) is 13.2 Å². The number of halogens is 1. The second kappa shape index (κ2) is 8.13. The molecule has 2 rings (SSSR count). The molecule has 5 nitrogen and oxygen atoms in total. The second-order valence-electron chi connectivity index (χ2n) is 5.90. The Balaban J connectivity index is 1.89. The van der Waals surface area contributed by atoms with Gasteiger partial charge in [0.2, 0.25) is 15.9 Å². The van der Waals surface area contributed by atoms with Gasteiger partial charge in [-0.15, -0.1) is 11.6 Å². The summed E-state index contributed by atoms with van der Waals surface area (Å²) in [6.45, 7) is 2.09. The summed E-state index contributed by atoms with van der Waals surface area (Å²) < 4.78 is 27.4. The maximum Gasteiger partial charge on any atom is 0.240 e. The van der Waals surface area contributed by atoms with Crippen molar-refractivity contribution in [1.82, 2.24) is 10.0 Å². The van der Waals surface area contributed by atoms with E-state index in [1.54, 1.807) is 31.2 Å². The zero-order valence-electron chi connectivity index (χ0n) is 13.2. The summed E-state index contributed by atoms with van der Waals surface area (Å²) in [6, 6.07) is 6.84. The van der Waals surface area contributed by atoms with E-state index in [-0.39, 0.29) is 16.8 Å². The van der Waals surface area contributed by atoms with Gasteiger partial charge in [0, 0.05) is 12.6 Å². The number of rotatable bonds is 7. The van der Waals surface area contributed by atoms with Crippen molar-refractivity contribution in [2.24, 2.45) is 0 Å². The molecule has 1 unspecified atom stereocenters. The Hall–Kier alpha value is -1.11. The molecule has 0 aliphatic heterocycles. The number of hydrogen-bond acceptors (Lipinski definition) is 3. The lowest BCUT2D eigenvalue weighted by Crippen LogP contribution is -2.32. The van der Waals surface area contributed by atoms with Crippen LogP contribution in [-0.2, 0) is 21.2 Å². The van der Waals surface area contributed by atoms with E-state index in [2.05, 4.69) is 10.0 Å². The first kappa shape index (κ1) is 18.2. The van der Waals surface area contributed by atoms with Crippen molar-refractivity contribution in [2.75, 3.05) is 6.54 Å². The molecule has 0 aromatic heterocycles. The van der Waals surface area contributed by atoms with Crippen LogP contribution in [0.5, 0.6) is 0 Å². The summed E-state index contributed by atoms with van der Waals surface area (Å²) >= 11 is 5.67. The largest absolute Gasteiger partial charge is 0.354 e. The molecule has 1 aliphatic carbocycles. The number of sulfonamides is 1. The minimum absolute atomic E-state index is 0.0624. The lowest BCUT2D eigenvalue weighted by molar-refractivity contribution is -0.120. The molecule has 1 saturated carbocycles. The fourth-order valence-corrected chi connectivity index (χ4v) is 4.02. The van der Waals surface area contributed by atoms with Crippen LogP contribution in [0.3, 0.4) is 0 Å². The molecule has 1 amide bonds. The van der Waals surface area contributed by atoms with E-state index in [0.29, 0.717) is 13.0 Å². The van der Waals surface area contributed by atoms with Gasteiger partial charge < -0.3 is 5.32 Å². The summed E-state index contributed by atoms with van der Waals surface area (Å²) in [4.78, 5) is 11.6. The third kappa shape index (κ3) is 5.48. The summed E-state index contributed by atoms with van der Waals surface area (Å²) in [7, 11) is -3.44. The molecule has 2 N–H and O–H groups in total. The van der Waals surface area contributed by atoms with Gasteiger partial charge in [-0.25, -0.2) is 13.1 Å². The molecule has 0 bridgehead atoms. The highest BCUT2D eigenvalue weighted by atomic mass is 35.5. The standard InChI is InChI=1S/C16H23ClN2O3S/c1-12(17)16(20)18-11-10-13-6-8-15(9-7-13)23(21,22)19-14-4-2-3-5-14/h6-9,12,14,19H,2-5,10-11H2,1H3,(H,18,20). The molecule has 128 valence electrons. The zero-order valence-corrected chi connectivity index (χ0v) is 14.8. The number of hydrogen-bond donors (Lipinski definition) is 2. The van der Waals surface area contributed by atoms with Crippen LogP contribution in [0, 0.1) is 0 Å². The minimum atomic E-state index is -3.44. The van der Waals surface area contributed by atoms with Gasteiger partial charge >= 0.3 is 0 Å². The quantitative estimate of drug-likeness (QED) is 0.734. The van der Waals surface area contributed by atoms with Gasteiger partial charge in [0.25, 0.3) is 0 Å². The molecule has 1 aromatic rings. The number of benzene rings is 1. The molecule has 0 radical (unpaired) electrons. The van der Waals surface area contributed by atoms with Crippen molar-refractivity contribution in [2.45, 2.75) is 55.3 Å². The van der Waals surface area contributed by atoms with Crippen molar-refractivity contribution in [3.8, 4) is 0 Å². The Morgan fingerprint density at radius 2 is 1.87 bits per heavy atom. The van der Waals surface area contributed by atoms with Gasteiger partial charge in [-0.1, -0.05) is 25.0 Å². The van der Waals surface area contributed by atoms with Crippen molar-refractivity contribution < 1.29 is 13.2 Å². The van der Waals surface area contributed by atoms with Gasteiger partial charge in [0.15, 0.2) is 0 Å². The molecule has 1 fully saturated rings. The summed E-state index contributed by atoms with van der Waals surface area (Å²) in [5.74, 6) is -0.202. The van der Waals surface area contributed by atoms with Crippen LogP contribution < -0.4 is 10.0 Å². The molecular weight excluding hydrogens is 336 g/mol. The number of carbonyl (C=O) groups is 1. The monoisotopic (exact) mass is 358 g/mol. The lowest BCUT2D eigenvalue weighted by atomic mass is 10.1. The van der Waals surface area contributed by atoms with E-state index < -0.39 is 15.4 Å². The zero-order chi connectivity index (χ0) is 16.9. The Kier molecular flexibility index (Phi) is 6.44. The molecule has 1 atom stereocenters. The third-order valence-corrected chi connectivity index (χ3v) is 5.72. The fourth-order valence-electron chi connectivity index (χ4n) is 2.64. The predicted molar refractivity (Wildman–Crippen MR) is 91.0 cm³/mol. The van der Waals surface area contributed by atoms with E-state index >= 15 is 0 Å². The van der Waals surface area contributed by atoms with Crippen LogP contribution in [0.15, 0.2) is 29.2 Å². The molecule has 0 heterocycles. The molecule has 0 spiro atoms. The Labute approximate surface area is 142 Å². The highest BCUT2D eigenvalue weighted by Crippen LogP contribution is 2.20. The fraction of sp³-hybridized carbons (Fsp3) is 0.562. The highest BCUT2D eigenvalue weighted by molar-refractivity contribution is 7.89. The molecule has 1 aromatic carbocycles. The summed E-state index contributed by atoms with van der Waals surface area (Å²) in [5.41, 5.74) is 0.965. The van der Waals surface area contributed by atoms with Crippen LogP contribution >= 0.6 is 11.6 Å². The smallest absolute Gasteiger partial charge is 0.240 e. The first-order valence-corrected chi connectivity index (χ1v) is 9.83. The maximum absolute atomic E-state index is 12.3. The van der Waals surface area contributed by atoms with Crippen LogP contribution in [0.2, 0.25) is 0 Å². The topological polar surface area (TPSA) is 75.3 Å². The molecule has 7 heteroatoms. The average molecular weight is 359 g/mol. The predicted octanol–water partition coefficient (Wildman–Crippen LogP) is 2.19. The Morgan fingerprint density at radius 1 is 1.26 bits per heavy atom. The summed E-state index contributed by atoms with van der Waals surface area (Å²) in [6.07, 6.45) is 4.62. The number of nitrogens with one attached hydrogen (secondary N) is 2. The first-order valence-electron chi connectivity index (χ1n) is 7.91. The first-order chi connectivity index (χ1) is 10.9. The van der Waals surface area contributed by atoms with Crippen LogP contribution in [0.1, 0.15) is 38.2 Å². The highest BCUT2D eigenvalue weighted by Gasteiger charge is 2.22. The van der Waals surface area contributed by atoms with E-state index in [1.165, 1.54) is 0 Å². The average Bonchev–Trinajstić information content (AvgIpc) is 2.99. The number of alkyl halides is 1. The van der Waals surface area contributed by atoms with Gasteiger partial charge in [0.1, 0.15) is 5.38 Å². The number of amides is 1.